The van der Waals surface area contributed by atoms with Crippen LogP contribution in [0, 0.1) is 0 Å². The van der Waals surface area contributed by atoms with E-state index in [1.807, 2.05) is 6.92 Å². The van der Waals surface area contributed by atoms with Gasteiger partial charge >= 0.3 is 0 Å². The molecule has 1 heterocycles. The third-order valence-electron chi connectivity index (χ3n) is 3.31. The van der Waals surface area contributed by atoms with Gasteiger partial charge in [0.15, 0.2) is 0 Å². The first-order valence-electron chi connectivity index (χ1n) is 6.17. The van der Waals surface area contributed by atoms with E-state index in [-0.39, 0.29) is 29.0 Å². The minimum absolute atomic E-state index is 0.00810. The van der Waals surface area contributed by atoms with Gasteiger partial charge in [0.25, 0.3) is 5.91 Å². The van der Waals surface area contributed by atoms with Gasteiger partial charge in [0.05, 0.1) is 0 Å². The fraction of sp³-hybridized carbons (Fsp3) is 0.462. The fourth-order valence-electron chi connectivity index (χ4n) is 2.36. The molecule has 0 aromatic heterocycles. The Hall–Kier alpha value is -1.75. The molecule has 0 spiro atoms. The largest absolute Gasteiger partial charge is 0.507 e. The van der Waals surface area contributed by atoms with Crippen LogP contribution in [0.4, 0.5) is 0 Å². The lowest BCUT2D eigenvalue weighted by Crippen LogP contribution is -2.41. The van der Waals surface area contributed by atoms with Gasteiger partial charge in [-0.1, -0.05) is 6.07 Å². The number of carbonyl (C=O) groups is 1. The second-order valence-corrected chi connectivity index (χ2v) is 4.41. The van der Waals surface area contributed by atoms with Crippen molar-refractivity contribution in [1.29, 1.82) is 0 Å². The van der Waals surface area contributed by atoms with Crippen molar-refractivity contribution in [2.24, 2.45) is 0 Å². The van der Waals surface area contributed by atoms with Crippen LogP contribution in [0.15, 0.2) is 18.2 Å². The maximum Gasteiger partial charge on any atom is 0.261 e. The highest BCUT2D eigenvalue weighted by atomic mass is 16.3. The summed E-state index contributed by atoms with van der Waals surface area (Å²) in [7, 11) is 0. The normalized spacial score (nSPS) is 18.8. The molecule has 1 aromatic carbocycles. The summed E-state index contributed by atoms with van der Waals surface area (Å²) in [6.07, 6.45) is 0.897. The number of hydrogen-bond acceptors (Lipinski definition) is 4. The first-order valence-corrected chi connectivity index (χ1v) is 6.17. The molecule has 0 bridgehead atoms. The third kappa shape index (κ3) is 2.26. The molecule has 1 aliphatic heterocycles. The van der Waals surface area contributed by atoms with Crippen LogP contribution < -0.4 is 5.32 Å². The van der Waals surface area contributed by atoms with Crippen molar-refractivity contribution in [3.63, 3.8) is 0 Å². The van der Waals surface area contributed by atoms with Crippen LogP contribution in [0.2, 0.25) is 0 Å². The second kappa shape index (κ2) is 5.27. The summed E-state index contributed by atoms with van der Waals surface area (Å²) in [5.41, 5.74) is -0.00810. The number of nitrogens with zero attached hydrogens (tertiary/aromatic N) is 1. The van der Waals surface area contributed by atoms with E-state index in [1.54, 1.807) is 4.90 Å². The number of likely N-dealkylation sites (N-methyl/N-ethyl adjacent to an activating group) is 1. The molecule has 1 saturated heterocycles. The predicted octanol–water partition coefficient (Wildman–Crippen LogP) is 0.922. The Labute approximate surface area is 106 Å². The van der Waals surface area contributed by atoms with Crippen LogP contribution in [-0.4, -0.2) is 46.7 Å². The number of carbonyl (C=O) groups excluding carboxylic acids is 1. The minimum Gasteiger partial charge on any atom is -0.507 e. The highest BCUT2D eigenvalue weighted by Gasteiger charge is 2.28. The number of benzene rings is 1. The van der Waals surface area contributed by atoms with Gasteiger partial charge in [-0.3, -0.25) is 4.79 Å². The summed E-state index contributed by atoms with van der Waals surface area (Å²) < 4.78 is 0. The van der Waals surface area contributed by atoms with Crippen LogP contribution in [0.5, 0.6) is 11.5 Å². The number of aromatic hydroxyl groups is 2. The average Bonchev–Trinajstić information content (AvgIpc) is 2.83. The second-order valence-electron chi connectivity index (χ2n) is 4.41. The van der Waals surface area contributed by atoms with Crippen molar-refractivity contribution < 1.29 is 15.0 Å². The van der Waals surface area contributed by atoms with Crippen LogP contribution >= 0.6 is 0 Å². The summed E-state index contributed by atoms with van der Waals surface area (Å²) in [5, 5.41) is 22.7. The first-order chi connectivity index (χ1) is 8.65. The van der Waals surface area contributed by atoms with E-state index in [0.29, 0.717) is 6.54 Å². The van der Waals surface area contributed by atoms with Gasteiger partial charge in [-0.05, 0) is 32.0 Å². The lowest BCUT2D eigenvalue weighted by Gasteiger charge is -2.27. The van der Waals surface area contributed by atoms with Gasteiger partial charge < -0.3 is 20.4 Å². The Balaban J connectivity index is 2.28. The topological polar surface area (TPSA) is 72.8 Å². The Kier molecular flexibility index (Phi) is 3.72. The predicted molar refractivity (Wildman–Crippen MR) is 67.8 cm³/mol. The number of phenols is 2. The van der Waals surface area contributed by atoms with E-state index in [0.717, 1.165) is 19.5 Å². The first kappa shape index (κ1) is 12.7. The quantitative estimate of drug-likeness (QED) is 0.746. The van der Waals surface area contributed by atoms with Crippen molar-refractivity contribution in [2.45, 2.75) is 19.4 Å². The zero-order chi connectivity index (χ0) is 13.1. The molecule has 18 heavy (non-hydrogen) atoms. The minimum atomic E-state index is -0.318. The molecular formula is C13H18N2O3. The fourth-order valence-corrected chi connectivity index (χ4v) is 2.36. The van der Waals surface area contributed by atoms with Crippen molar-refractivity contribution in [3.05, 3.63) is 23.8 Å². The molecule has 2 rings (SSSR count). The molecule has 5 nitrogen and oxygen atoms in total. The third-order valence-corrected chi connectivity index (χ3v) is 3.31. The molecule has 1 aliphatic rings. The van der Waals surface area contributed by atoms with Crippen molar-refractivity contribution >= 4 is 5.91 Å². The average molecular weight is 250 g/mol. The molecule has 1 amide bonds. The summed E-state index contributed by atoms with van der Waals surface area (Å²) in [4.78, 5) is 14.1. The van der Waals surface area contributed by atoms with E-state index in [2.05, 4.69) is 5.32 Å². The Morgan fingerprint density at radius 3 is 2.61 bits per heavy atom. The molecule has 0 radical (unpaired) electrons. The number of nitrogens with one attached hydrogen (secondary N) is 1. The highest BCUT2D eigenvalue weighted by Crippen LogP contribution is 2.28. The van der Waals surface area contributed by atoms with E-state index in [1.165, 1.54) is 18.2 Å². The molecule has 0 saturated carbocycles. The Morgan fingerprint density at radius 2 is 2.11 bits per heavy atom. The van der Waals surface area contributed by atoms with Gasteiger partial charge in [0.2, 0.25) is 0 Å². The van der Waals surface area contributed by atoms with Crippen molar-refractivity contribution in [1.82, 2.24) is 10.2 Å². The maximum atomic E-state index is 12.4. The highest BCUT2D eigenvalue weighted by molar-refractivity contribution is 5.99. The Bertz CT molecular complexity index is 422. The Morgan fingerprint density at radius 1 is 1.44 bits per heavy atom. The molecule has 98 valence electrons. The molecule has 0 aliphatic carbocycles. The molecular weight excluding hydrogens is 232 g/mol. The number of amides is 1. The summed E-state index contributed by atoms with van der Waals surface area (Å²) in [6, 6.07) is 4.46. The summed E-state index contributed by atoms with van der Waals surface area (Å²) in [5.74, 6) is -0.671. The van der Waals surface area contributed by atoms with Crippen LogP contribution in [0.3, 0.4) is 0 Å². The molecule has 5 heteroatoms. The number of phenolic OH excluding ortho intramolecular Hbond substituents is 2. The molecule has 1 atom stereocenters. The number of rotatable bonds is 3. The van der Waals surface area contributed by atoms with E-state index < -0.39 is 0 Å². The van der Waals surface area contributed by atoms with Gasteiger partial charge in [-0.25, -0.2) is 0 Å². The number of hydrogen-bond donors (Lipinski definition) is 3. The van der Waals surface area contributed by atoms with Gasteiger partial charge in [0, 0.05) is 19.1 Å². The van der Waals surface area contributed by atoms with E-state index in [4.69, 9.17) is 0 Å². The monoisotopic (exact) mass is 250 g/mol. The zero-order valence-corrected chi connectivity index (χ0v) is 10.4. The van der Waals surface area contributed by atoms with Crippen LogP contribution in [-0.2, 0) is 0 Å². The lowest BCUT2D eigenvalue weighted by atomic mass is 10.1. The molecule has 1 aromatic rings. The maximum absolute atomic E-state index is 12.4. The van der Waals surface area contributed by atoms with Gasteiger partial charge in [-0.2, -0.15) is 0 Å². The lowest BCUT2D eigenvalue weighted by molar-refractivity contribution is 0.0697. The summed E-state index contributed by atoms with van der Waals surface area (Å²) in [6.45, 7) is 4.10. The van der Waals surface area contributed by atoms with Crippen LogP contribution in [0.25, 0.3) is 0 Å². The van der Waals surface area contributed by atoms with E-state index >= 15 is 0 Å². The van der Waals surface area contributed by atoms with Gasteiger partial charge in [-0.15, -0.1) is 0 Å². The molecule has 1 unspecified atom stereocenters. The van der Waals surface area contributed by atoms with Crippen molar-refractivity contribution in [2.75, 3.05) is 19.6 Å². The summed E-state index contributed by atoms with van der Waals surface area (Å²) >= 11 is 0. The van der Waals surface area contributed by atoms with Crippen LogP contribution in [0.1, 0.15) is 23.7 Å². The smallest absolute Gasteiger partial charge is 0.261 e. The zero-order valence-electron chi connectivity index (χ0n) is 10.4. The van der Waals surface area contributed by atoms with Crippen molar-refractivity contribution in [3.8, 4) is 11.5 Å². The van der Waals surface area contributed by atoms with E-state index in [9.17, 15) is 15.0 Å². The molecule has 3 N–H and O–H groups in total. The standard InChI is InChI=1S/C13H18N2O3/c1-2-15(9-6-7-14-8-9)13(18)12-10(16)4-3-5-11(12)17/h3-5,9,14,16-17H,2,6-8H2,1H3. The molecule has 1 fully saturated rings. The van der Waals surface area contributed by atoms with Gasteiger partial charge in [0.1, 0.15) is 17.1 Å². The SMILES string of the molecule is CCN(C(=O)c1c(O)cccc1O)C1CCNC1.